The van der Waals surface area contributed by atoms with Crippen LogP contribution in [0.2, 0.25) is 0 Å². The second kappa shape index (κ2) is 12.3. The molecule has 2 rings (SSSR count). The van der Waals surface area contributed by atoms with Gasteiger partial charge in [-0.15, -0.1) is 0 Å². The molecule has 22 heavy (non-hydrogen) atoms. The smallest absolute Gasteiger partial charge is 0.0107 e. The molecule has 0 radical (unpaired) electrons. The van der Waals surface area contributed by atoms with Gasteiger partial charge in [0, 0.05) is 52.4 Å². The van der Waals surface area contributed by atoms with Crippen molar-refractivity contribution in [3.63, 3.8) is 0 Å². The van der Waals surface area contributed by atoms with Crippen LogP contribution < -0.4 is 16.0 Å². The Bertz CT molecular complexity index is 215. The van der Waals surface area contributed by atoms with E-state index < -0.39 is 0 Å². The fourth-order valence-corrected chi connectivity index (χ4v) is 3.37. The molecular weight excluding hydrogens is 274 g/mol. The van der Waals surface area contributed by atoms with Crippen LogP contribution in [0, 0.1) is 0 Å². The third-order valence-corrected chi connectivity index (χ3v) is 4.82. The molecule has 0 aromatic rings. The first-order chi connectivity index (χ1) is 10.9. The van der Waals surface area contributed by atoms with Gasteiger partial charge in [-0.2, -0.15) is 0 Å². The predicted molar refractivity (Wildman–Crippen MR) is 94.6 cm³/mol. The summed E-state index contributed by atoms with van der Waals surface area (Å²) in [6.07, 6.45) is 6.80. The van der Waals surface area contributed by atoms with Crippen molar-refractivity contribution in [3.05, 3.63) is 0 Å². The van der Waals surface area contributed by atoms with Gasteiger partial charge in [-0.25, -0.2) is 0 Å². The van der Waals surface area contributed by atoms with Gasteiger partial charge in [-0.1, -0.05) is 6.42 Å². The minimum atomic E-state index is 1.11. The molecule has 0 spiro atoms. The highest BCUT2D eigenvalue weighted by atomic mass is 15.2. The third kappa shape index (κ3) is 8.44. The largest absolute Gasteiger partial charge is 0.315 e. The highest BCUT2D eigenvalue weighted by Crippen LogP contribution is 2.03. The number of nitrogens with zero attached hydrogens (tertiary/aromatic N) is 2. The summed E-state index contributed by atoms with van der Waals surface area (Å²) >= 11 is 0. The predicted octanol–water partition coefficient (Wildman–Crippen LogP) is 0.337. The molecule has 2 heterocycles. The lowest BCUT2D eigenvalue weighted by Gasteiger charge is -2.24. The molecule has 0 aromatic heterocycles. The van der Waals surface area contributed by atoms with Crippen molar-refractivity contribution in [2.45, 2.75) is 32.1 Å². The molecule has 5 heteroatoms. The number of nitrogens with one attached hydrogen (secondary N) is 3. The molecular formula is C17H37N5. The summed E-state index contributed by atoms with van der Waals surface area (Å²) in [5, 5.41) is 10.6. The maximum atomic E-state index is 3.55. The molecule has 2 saturated heterocycles. The van der Waals surface area contributed by atoms with Crippen LogP contribution >= 0.6 is 0 Å². The third-order valence-electron chi connectivity index (χ3n) is 4.82. The van der Waals surface area contributed by atoms with Gasteiger partial charge in [-0.3, -0.25) is 0 Å². The quantitative estimate of drug-likeness (QED) is 0.639. The van der Waals surface area contributed by atoms with E-state index >= 15 is 0 Å². The average Bonchev–Trinajstić information content (AvgIpc) is 2.75. The van der Waals surface area contributed by atoms with Crippen LogP contribution in [-0.4, -0.2) is 88.3 Å². The van der Waals surface area contributed by atoms with Crippen LogP contribution in [0.4, 0.5) is 0 Å². The molecule has 2 aliphatic rings. The Morgan fingerprint density at radius 1 is 0.500 bits per heavy atom. The van der Waals surface area contributed by atoms with Crippen molar-refractivity contribution >= 4 is 0 Å². The van der Waals surface area contributed by atoms with E-state index in [2.05, 4.69) is 25.8 Å². The summed E-state index contributed by atoms with van der Waals surface area (Å²) in [6.45, 7) is 14.4. The molecule has 0 amide bonds. The molecule has 0 atom stereocenters. The van der Waals surface area contributed by atoms with Crippen molar-refractivity contribution in [2.24, 2.45) is 0 Å². The second-order valence-electron chi connectivity index (χ2n) is 6.70. The van der Waals surface area contributed by atoms with Crippen LogP contribution in [0.15, 0.2) is 0 Å². The zero-order chi connectivity index (χ0) is 15.3. The molecule has 3 N–H and O–H groups in total. The van der Waals surface area contributed by atoms with E-state index in [0.717, 1.165) is 26.2 Å². The fourth-order valence-electron chi connectivity index (χ4n) is 3.37. The SMILES string of the molecule is C1CCNCCN(CCCCN2CCNCCNCC2)CC1. The van der Waals surface area contributed by atoms with E-state index in [1.807, 2.05) is 0 Å². The Morgan fingerprint density at radius 2 is 1.05 bits per heavy atom. The molecule has 5 nitrogen and oxygen atoms in total. The first kappa shape index (κ1) is 18.1. The number of unbranched alkanes of at least 4 members (excludes halogenated alkanes) is 1. The summed E-state index contributed by atoms with van der Waals surface area (Å²) in [6, 6.07) is 0. The van der Waals surface area contributed by atoms with Gasteiger partial charge in [0.1, 0.15) is 0 Å². The van der Waals surface area contributed by atoms with E-state index in [1.54, 1.807) is 0 Å². The van der Waals surface area contributed by atoms with Crippen LogP contribution in [0.5, 0.6) is 0 Å². The molecule has 130 valence electrons. The molecule has 0 saturated carbocycles. The Hall–Kier alpha value is -0.200. The van der Waals surface area contributed by atoms with Crippen molar-refractivity contribution in [1.82, 2.24) is 25.8 Å². The molecule has 2 aliphatic heterocycles. The van der Waals surface area contributed by atoms with Gasteiger partial charge >= 0.3 is 0 Å². The molecule has 0 bridgehead atoms. The van der Waals surface area contributed by atoms with Crippen molar-refractivity contribution < 1.29 is 0 Å². The second-order valence-corrected chi connectivity index (χ2v) is 6.70. The normalized spacial score (nSPS) is 24.5. The minimum absolute atomic E-state index is 1.11. The van der Waals surface area contributed by atoms with Gasteiger partial charge in [0.2, 0.25) is 0 Å². The molecule has 0 aromatic carbocycles. The Balaban J connectivity index is 1.56. The molecule has 0 aliphatic carbocycles. The van der Waals surface area contributed by atoms with Crippen LogP contribution in [-0.2, 0) is 0 Å². The summed E-state index contributed by atoms with van der Waals surface area (Å²) in [4.78, 5) is 5.28. The zero-order valence-electron chi connectivity index (χ0n) is 14.4. The minimum Gasteiger partial charge on any atom is -0.315 e. The summed E-state index contributed by atoms with van der Waals surface area (Å²) < 4.78 is 0. The van der Waals surface area contributed by atoms with E-state index in [0.29, 0.717) is 0 Å². The Kier molecular flexibility index (Phi) is 10.1. The maximum Gasteiger partial charge on any atom is 0.0107 e. The van der Waals surface area contributed by atoms with E-state index in [1.165, 1.54) is 84.5 Å². The molecule has 0 unspecified atom stereocenters. The van der Waals surface area contributed by atoms with E-state index in [-0.39, 0.29) is 0 Å². The van der Waals surface area contributed by atoms with Gasteiger partial charge in [0.15, 0.2) is 0 Å². The fraction of sp³-hybridized carbons (Fsp3) is 1.00. The van der Waals surface area contributed by atoms with Gasteiger partial charge in [0.05, 0.1) is 0 Å². The monoisotopic (exact) mass is 311 g/mol. The van der Waals surface area contributed by atoms with Crippen LogP contribution in [0.3, 0.4) is 0 Å². The Labute approximate surface area is 137 Å². The Morgan fingerprint density at radius 3 is 1.68 bits per heavy atom. The van der Waals surface area contributed by atoms with E-state index in [4.69, 9.17) is 0 Å². The number of hydrogen-bond acceptors (Lipinski definition) is 5. The average molecular weight is 312 g/mol. The number of hydrogen-bond donors (Lipinski definition) is 3. The van der Waals surface area contributed by atoms with Crippen LogP contribution in [0.1, 0.15) is 32.1 Å². The first-order valence-corrected chi connectivity index (χ1v) is 9.52. The van der Waals surface area contributed by atoms with E-state index in [9.17, 15) is 0 Å². The van der Waals surface area contributed by atoms with Gasteiger partial charge in [0.25, 0.3) is 0 Å². The summed E-state index contributed by atoms with van der Waals surface area (Å²) in [5.74, 6) is 0. The van der Waals surface area contributed by atoms with Crippen molar-refractivity contribution in [3.8, 4) is 0 Å². The lowest BCUT2D eigenvalue weighted by molar-refractivity contribution is 0.244. The summed E-state index contributed by atoms with van der Waals surface area (Å²) in [5.41, 5.74) is 0. The zero-order valence-corrected chi connectivity index (χ0v) is 14.4. The lowest BCUT2D eigenvalue weighted by atomic mass is 10.2. The van der Waals surface area contributed by atoms with Crippen LogP contribution in [0.25, 0.3) is 0 Å². The topological polar surface area (TPSA) is 42.6 Å². The van der Waals surface area contributed by atoms with Crippen molar-refractivity contribution in [1.29, 1.82) is 0 Å². The van der Waals surface area contributed by atoms with Gasteiger partial charge < -0.3 is 25.8 Å². The van der Waals surface area contributed by atoms with Crippen molar-refractivity contribution in [2.75, 3.05) is 78.5 Å². The van der Waals surface area contributed by atoms with Gasteiger partial charge in [-0.05, 0) is 51.9 Å². The standard InChI is InChI=1S/C17H37N5/c1-2-6-18-9-15-21(12-3-1)13-4-5-14-22-16-10-19-7-8-20-11-17-22/h18-20H,1-17H2. The molecule has 2 fully saturated rings. The summed E-state index contributed by atoms with van der Waals surface area (Å²) in [7, 11) is 0. The maximum absolute atomic E-state index is 3.55. The lowest BCUT2D eigenvalue weighted by Crippen LogP contribution is -2.36. The first-order valence-electron chi connectivity index (χ1n) is 9.52. The highest BCUT2D eigenvalue weighted by Gasteiger charge is 2.09. The highest BCUT2D eigenvalue weighted by molar-refractivity contribution is 4.67. The number of rotatable bonds is 5.